The number of nitrogens with two attached hydrogens (primary N) is 1. The fourth-order valence-corrected chi connectivity index (χ4v) is 3.00. The van der Waals surface area contributed by atoms with Crippen LogP contribution in [0.1, 0.15) is 77.6 Å². The van der Waals surface area contributed by atoms with Crippen LogP contribution < -0.4 is 11.1 Å². The van der Waals surface area contributed by atoms with Crippen LogP contribution >= 0.6 is 0 Å². The maximum Gasteiger partial charge on any atom is 0.0995 e. The van der Waals surface area contributed by atoms with Crippen LogP contribution in [0, 0.1) is 5.92 Å². The van der Waals surface area contributed by atoms with Gasteiger partial charge in [-0.05, 0) is 25.8 Å². The summed E-state index contributed by atoms with van der Waals surface area (Å²) >= 11 is 0. The topological polar surface area (TPSA) is 50.4 Å². The number of amidine groups is 1. The number of rotatable bonds is 13. The third-order valence-corrected chi connectivity index (χ3v) is 4.25. The van der Waals surface area contributed by atoms with Crippen molar-refractivity contribution in [1.82, 2.24) is 5.32 Å². The van der Waals surface area contributed by atoms with Gasteiger partial charge in [0.2, 0.25) is 0 Å². The van der Waals surface area contributed by atoms with E-state index in [1.807, 2.05) is 0 Å². The molecular weight excluding hydrogens is 246 g/mol. The van der Waals surface area contributed by atoms with Crippen molar-refractivity contribution in [1.29, 1.82) is 0 Å². The fraction of sp³-hybridized carbons (Fsp3) is 0.941. The molecule has 0 aromatic rings. The highest BCUT2D eigenvalue weighted by molar-refractivity contribution is 5.85. The minimum atomic E-state index is 0.640. The maximum absolute atomic E-state index is 5.65. The zero-order chi connectivity index (χ0) is 14.5. The molecule has 3 nitrogen and oxygen atoms in total. The van der Waals surface area contributed by atoms with Gasteiger partial charge in [-0.15, -0.1) is 0 Å². The van der Waals surface area contributed by atoms with Crippen molar-refractivity contribution in [3.8, 4) is 0 Å². The van der Waals surface area contributed by atoms with Crippen LogP contribution in [-0.4, -0.2) is 25.5 Å². The lowest BCUT2D eigenvalue weighted by Crippen LogP contribution is -2.27. The Bertz CT molecular complexity index is 251. The quantitative estimate of drug-likeness (QED) is 0.503. The van der Waals surface area contributed by atoms with Crippen LogP contribution in [0.5, 0.6) is 0 Å². The Labute approximate surface area is 125 Å². The summed E-state index contributed by atoms with van der Waals surface area (Å²) in [5.74, 6) is 1.91. The van der Waals surface area contributed by atoms with Gasteiger partial charge < -0.3 is 11.1 Å². The summed E-state index contributed by atoms with van der Waals surface area (Å²) in [4.78, 5) is 4.60. The predicted molar refractivity (Wildman–Crippen MR) is 89.3 cm³/mol. The van der Waals surface area contributed by atoms with Gasteiger partial charge >= 0.3 is 0 Å². The summed E-state index contributed by atoms with van der Waals surface area (Å²) in [6.07, 6.45) is 14.8. The molecule has 0 amide bonds. The minimum absolute atomic E-state index is 0.640. The van der Waals surface area contributed by atoms with Crippen LogP contribution in [0.3, 0.4) is 0 Å². The molecule has 1 aliphatic rings. The Morgan fingerprint density at radius 2 is 1.65 bits per heavy atom. The zero-order valence-corrected chi connectivity index (χ0v) is 13.5. The van der Waals surface area contributed by atoms with Crippen molar-refractivity contribution >= 4 is 5.84 Å². The standard InChI is InChI=1S/C17H35N3/c1-2-3-4-5-6-7-8-9-11-16(12-10-13-18)17-19-14-15-20-17/h16H,2-15,18H2,1H3,(H,19,20). The monoisotopic (exact) mass is 281 g/mol. The summed E-state index contributed by atoms with van der Waals surface area (Å²) < 4.78 is 0. The molecule has 1 aliphatic heterocycles. The molecule has 0 fully saturated rings. The molecule has 1 heterocycles. The molecule has 3 N–H and O–H groups in total. The Kier molecular flexibility index (Phi) is 10.7. The largest absolute Gasteiger partial charge is 0.372 e. The van der Waals surface area contributed by atoms with Gasteiger partial charge in [-0.2, -0.15) is 0 Å². The molecule has 0 saturated heterocycles. The Morgan fingerprint density at radius 1 is 1.00 bits per heavy atom. The number of aliphatic imine (C=N–C) groups is 1. The molecule has 0 aromatic carbocycles. The first-order valence-electron chi connectivity index (χ1n) is 8.86. The van der Waals surface area contributed by atoms with E-state index in [-0.39, 0.29) is 0 Å². The normalized spacial score (nSPS) is 16.0. The maximum atomic E-state index is 5.65. The number of unbranched alkanes of at least 4 members (excludes halogenated alkanes) is 7. The first-order chi connectivity index (χ1) is 9.88. The number of hydrogen-bond acceptors (Lipinski definition) is 3. The molecule has 20 heavy (non-hydrogen) atoms. The van der Waals surface area contributed by atoms with Gasteiger partial charge in [0.05, 0.1) is 12.4 Å². The molecule has 0 radical (unpaired) electrons. The summed E-state index contributed by atoms with van der Waals surface area (Å²) in [7, 11) is 0. The van der Waals surface area contributed by atoms with E-state index in [2.05, 4.69) is 17.2 Å². The number of nitrogens with zero attached hydrogens (tertiary/aromatic N) is 1. The average molecular weight is 281 g/mol. The van der Waals surface area contributed by atoms with Crippen molar-refractivity contribution in [2.24, 2.45) is 16.6 Å². The van der Waals surface area contributed by atoms with Crippen LogP contribution in [0.4, 0.5) is 0 Å². The van der Waals surface area contributed by atoms with Gasteiger partial charge in [-0.25, -0.2) is 0 Å². The zero-order valence-electron chi connectivity index (χ0n) is 13.5. The average Bonchev–Trinajstić information content (AvgIpc) is 2.99. The van der Waals surface area contributed by atoms with Gasteiger partial charge in [-0.1, -0.05) is 58.3 Å². The fourth-order valence-electron chi connectivity index (χ4n) is 3.00. The summed E-state index contributed by atoms with van der Waals surface area (Å²) in [6, 6.07) is 0. The van der Waals surface area contributed by atoms with Crippen LogP contribution in [-0.2, 0) is 0 Å². The molecule has 0 aliphatic carbocycles. The van der Waals surface area contributed by atoms with E-state index < -0.39 is 0 Å². The molecule has 0 aromatic heterocycles. The van der Waals surface area contributed by atoms with E-state index >= 15 is 0 Å². The van der Waals surface area contributed by atoms with Gasteiger partial charge in [0.1, 0.15) is 0 Å². The second-order valence-electron chi connectivity index (χ2n) is 6.09. The minimum Gasteiger partial charge on any atom is -0.372 e. The van der Waals surface area contributed by atoms with Crippen LogP contribution in [0.2, 0.25) is 0 Å². The van der Waals surface area contributed by atoms with E-state index in [4.69, 9.17) is 5.73 Å². The molecule has 1 rings (SSSR count). The Balaban J connectivity index is 2.06. The van der Waals surface area contributed by atoms with Crippen molar-refractivity contribution in [3.05, 3.63) is 0 Å². The molecule has 1 unspecified atom stereocenters. The summed E-state index contributed by atoms with van der Waals surface area (Å²) in [6.45, 7) is 5.08. The number of nitrogens with one attached hydrogen (secondary N) is 1. The SMILES string of the molecule is CCCCCCCCCCC(CCCN)C1=NCCN1. The van der Waals surface area contributed by atoms with E-state index in [0.29, 0.717) is 5.92 Å². The van der Waals surface area contributed by atoms with Gasteiger partial charge in [-0.3, -0.25) is 4.99 Å². The third kappa shape index (κ3) is 7.88. The highest BCUT2D eigenvalue weighted by Gasteiger charge is 2.17. The Hall–Kier alpha value is -0.570. The third-order valence-electron chi connectivity index (χ3n) is 4.25. The van der Waals surface area contributed by atoms with Crippen molar-refractivity contribution in [2.45, 2.75) is 77.6 Å². The molecule has 0 bridgehead atoms. The Morgan fingerprint density at radius 3 is 2.25 bits per heavy atom. The van der Waals surface area contributed by atoms with Gasteiger partial charge in [0.25, 0.3) is 0 Å². The first kappa shape index (κ1) is 17.5. The lowest BCUT2D eigenvalue weighted by atomic mass is 9.94. The molecular formula is C17H35N3. The molecule has 118 valence electrons. The first-order valence-corrected chi connectivity index (χ1v) is 8.86. The van der Waals surface area contributed by atoms with Crippen molar-refractivity contribution in [2.75, 3.05) is 19.6 Å². The van der Waals surface area contributed by atoms with Crippen molar-refractivity contribution in [3.63, 3.8) is 0 Å². The van der Waals surface area contributed by atoms with E-state index in [0.717, 1.165) is 26.1 Å². The predicted octanol–water partition coefficient (Wildman–Crippen LogP) is 3.87. The smallest absolute Gasteiger partial charge is 0.0995 e. The lowest BCUT2D eigenvalue weighted by Gasteiger charge is -2.17. The van der Waals surface area contributed by atoms with Gasteiger partial charge in [0, 0.05) is 12.5 Å². The molecule has 1 atom stereocenters. The summed E-state index contributed by atoms with van der Waals surface area (Å²) in [5, 5.41) is 3.45. The highest BCUT2D eigenvalue weighted by Crippen LogP contribution is 2.19. The van der Waals surface area contributed by atoms with Gasteiger partial charge in [0.15, 0.2) is 0 Å². The lowest BCUT2D eigenvalue weighted by molar-refractivity contribution is 0.495. The van der Waals surface area contributed by atoms with Crippen LogP contribution in [0.25, 0.3) is 0 Å². The molecule has 3 heteroatoms. The second-order valence-corrected chi connectivity index (χ2v) is 6.09. The molecule has 0 saturated carbocycles. The van der Waals surface area contributed by atoms with E-state index in [9.17, 15) is 0 Å². The second kappa shape index (κ2) is 12.2. The van der Waals surface area contributed by atoms with Crippen molar-refractivity contribution < 1.29 is 0 Å². The summed E-state index contributed by atoms with van der Waals surface area (Å²) in [5.41, 5.74) is 5.65. The van der Waals surface area contributed by atoms with E-state index in [1.165, 1.54) is 70.0 Å². The van der Waals surface area contributed by atoms with E-state index in [1.54, 1.807) is 0 Å². The molecule has 0 spiro atoms. The van der Waals surface area contributed by atoms with Crippen LogP contribution in [0.15, 0.2) is 4.99 Å². The number of hydrogen-bond donors (Lipinski definition) is 2. The highest BCUT2D eigenvalue weighted by atomic mass is 15.1.